The molecule has 1 aliphatic heterocycles. The summed E-state index contributed by atoms with van der Waals surface area (Å²) in [6.45, 7) is 4.65. The average Bonchev–Trinajstić information content (AvgIpc) is 2.79. The summed E-state index contributed by atoms with van der Waals surface area (Å²) in [5, 5.41) is 9.40. The largest absolute Gasteiger partial charge is 0.394 e. The number of aliphatic hydroxyl groups is 1. The first-order valence-corrected chi connectivity index (χ1v) is 6.47. The summed E-state index contributed by atoms with van der Waals surface area (Å²) in [5.74, 6) is -0.217. The normalized spacial score (nSPS) is 21.4. The van der Waals surface area contributed by atoms with Crippen LogP contribution in [0, 0.1) is 12.7 Å². The van der Waals surface area contributed by atoms with Crippen LogP contribution in [0.2, 0.25) is 0 Å². The first-order valence-electron chi connectivity index (χ1n) is 6.47. The first kappa shape index (κ1) is 13.3. The predicted molar refractivity (Wildman–Crippen MR) is 71.2 cm³/mol. The van der Waals surface area contributed by atoms with Crippen LogP contribution in [0.15, 0.2) is 12.1 Å². The highest BCUT2D eigenvalue weighted by Crippen LogP contribution is 2.33. The minimum atomic E-state index is -0.217. The van der Waals surface area contributed by atoms with Gasteiger partial charge in [0.1, 0.15) is 5.82 Å². The molecule has 1 fully saturated rings. The van der Waals surface area contributed by atoms with Crippen LogP contribution in [-0.4, -0.2) is 24.3 Å². The third kappa shape index (κ3) is 2.35. The lowest BCUT2D eigenvalue weighted by Crippen LogP contribution is -2.33. The molecule has 3 nitrogen and oxygen atoms in total. The smallest absolute Gasteiger partial charge is 0.126 e. The van der Waals surface area contributed by atoms with Crippen molar-refractivity contribution in [2.24, 2.45) is 5.73 Å². The van der Waals surface area contributed by atoms with E-state index in [1.807, 2.05) is 13.0 Å². The fourth-order valence-electron chi connectivity index (χ4n) is 2.64. The first-order chi connectivity index (χ1) is 8.54. The van der Waals surface area contributed by atoms with E-state index in [1.54, 1.807) is 6.92 Å². The molecule has 1 aromatic rings. The van der Waals surface area contributed by atoms with Crippen molar-refractivity contribution in [3.05, 3.63) is 29.1 Å². The van der Waals surface area contributed by atoms with Crippen LogP contribution in [0.3, 0.4) is 0 Å². The Morgan fingerprint density at radius 2 is 2.28 bits per heavy atom. The molecule has 0 amide bonds. The Morgan fingerprint density at radius 3 is 2.89 bits per heavy atom. The summed E-state index contributed by atoms with van der Waals surface area (Å²) in [7, 11) is 0. The molecule has 18 heavy (non-hydrogen) atoms. The SMILES string of the molecule is Cc1cc(N2CCCC2CO)c(C(C)N)cc1F. The number of benzene rings is 1. The lowest BCUT2D eigenvalue weighted by molar-refractivity contribution is 0.266. The standard InChI is InChI=1S/C14H21FN2O/c1-9-6-14(12(10(2)16)7-13(9)15)17-5-3-4-11(17)8-18/h6-7,10-11,18H,3-5,8,16H2,1-2H3. The third-order valence-electron chi connectivity index (χ3n) is 3.70. The molecule has 0 aromatic heterocycles. The van der Waals surface area contributed by atoms with Crippen LogP contribution < -0.4 is 10.6 Å². The van der Waals surface area contributed by atoms with Crippen molar-refractivity contribution in [2.75, 3.05) is 18.1 Å². The Labute approximate surface area is 107 Å². The molecular formula is C14H21FN2O. The Bertz CT molecular complexity index is 434. The summed E-state index contributed by atoms with van der Waals surface area (Å²) in [5.41, 5.74) is 8.35. The van der Waals surface area contributed by atoms with E-state index in [2.05, 4.69) is 4.90 Å². The minimum absolute atomic E-state index is 0.132. The van der Waals surface area contributed by atoms with Gasteiger partial charge in [-0.3, -0.25) is 0 Å². The molecule has 1 heterocycles. The Morgan fingerprint density at radius 1 is 1.56 bits per heavy atom. The van der Waals surface area contributed by atoms with Gasteiger partial charge in [0.25, 0.3) is 0 Å². The van der Waals surface area contributed by atoms with Crippen molar-refractivity contribution in [1.82, 2.24) is 0 Å². The van der Waals surface area contributed by atoms with Gasteiger partial charge in [0.05, 0.1) is 12.6 Å². The summed E-state index contributed by atoms with van der Waals surface area (Å²) in [4.78, 5) is 2.16. The number of halogens is 1. The van der Waals surface area contributed by atoms with Crippen LogP contribution in [0.4, 0.5) is 10.1 Å². The third-order valence-corrected chi connectivity index (χ3v) is 3.70. The molecule has 1 aliphatic rings. The fraction of sp³-hybridized carbons (Fsp3) is 0.571. The van der Waals surface area contributed by atoms with Gasteiger partial charge in [-0.25, -0.2) is 4.39 Å². The Hall–Kier alpha value is -1.13. The van der Waals surface area contributed by atoms with Crippen LogP contribution in [0.1, 0.15) is 36.9 Å². The van der Waals surface area contributed by atoms with Crippen molar-refractivity contribution in [1.29, 1.82) is 0 Å². The van der Waals surface area contributed by atoms with E-state index in [1.165, 1.54) is 6.07 Å². The van der Waals surface area contributed by atoms with Crippen molar-refractivity contribution in [3.63, 3.8) is 0 Å². The molecule has 4 heteroatoms. The molecule has 1 saturated heterocycles. The van der Waals surface area contributed by atoms with E-state index >= 15 is 0 Å². The summed E-state index contributed by atoms with van der Waals surface area (Å²) < 4.78 is 13.7. The highest BCUT2D eigenvalue weighted by atomic mass is 19.1. The van der Waals surface area contributed by atoms with Gasteiger partial charge < -0.3 is 15.7 Å². The zero-order valence-electron chi connectivity index (χ0n) is 11.0. The quantitative estimate of drug-likeness (QED) is 0.866. The number of hydrogen-bond donors (Lipinski definition) is 2. The predicted octanol–water partition coefficient (Wildman–Crippen LogP) is 2.11. The number of aliphatic hydroxyl groups excluding tert-OH is 1. The van der Waals surface area contributed by atoms with E-state index < -0.39 is 0 Å². The number of aryl methyl sites for hydroxylation is 1. The van der Waals surface area contributed by atoms with Crippen LogP contribution >= 0.6 is 0 Å². The highest BCUT2D eigenvalue weighted by molar-refractivity contribution is 5.58. The second-order valence-corrected chi connectivity index (χ2v) is 5.12. The van der Waals surface area contributed by atoms with Crippen LogP contribution in [0.5, 0.6) is 0 Å². The molecule has 0 saturated carbocycles. The summed E-state index contributed by atoms with van der Waals surface area (Å²) in [6.07, 6.45) is 2.03. The van der Waals surface area contributed by atoms with Crippen molar-refractivity contribution < 1.29 is 9.50 Å². The molecule has 0 spiro atoms. The molecule has 0 bridgehead atoms. The van der Waals surface area contributed by atoms with Crippen molar-refractivity contribution in [2.45, 2.75) is 38.8 Å². The molecule has 0 aliphatic carbocycles. The molecule has 3 N–H and O–H groups in total. The number of nitrogens with zero attached hydrogens (tertiary/aromatic N) is 1. The average molecular weight is 252 g/mol. The van der Waals surface area contributed by atoms with Crippen LogP contribution in [-0.2, 0) is 0 Å². The molecule has 2 unspecified atom stereocenters. The molecule has 1 aromatic carbocycles. The lowest BCUT2D eigenvalue weighted by Gasteiger charge is -2.29. The second-order valence-electron chi connectivity index (χ2n) is 5.12. The number of nitrogens with two attached hydrogens (primary N) is 1. The van der Waals surface area contributed by atoms with Gasteiger partial charge in [-0.1, -0.05) is 0 Å². The van der Waals surface area contributed by atoms with E-state index in [0.29, 0.717) is 5.56 Å². The van der Waals surface area contributed by atoms with E-state index in [-0.39, 0.29) is 24.5 Å². The van der Waals surface area contributed by atoms with Gasteiger partial charge >= 0.3 is 0 Å². The van der Waals surface area contributed by atoms with Gasteiger partial charge in [0.15, 0.2) is 0 Å². The number of hydrogen-bond acceptors (Lipinski definition) is 3. The van der Waals surface area contributed by atoms with E-state index in [9.17, 15) is 9.50 Å². The van der Waals surface area contributed by atoms with Gasteiger partial charge in [0.2, 0.25) is 0 Å². The van der Waals surface area contributed by atoms with Gasteiger partial charge in [-0.2, -0.15) is 0 Å². The monoisotopic (exact) mass is 252 g/mol. The Kier molecular flexibility index (Phi) is 3.88. The van der Waals surface area contributed by atoms with Crippen molar-refractivity contribution >= 4 is 5.69 Å². The number of anilines is 1. The molecule has 100 valence electrons. The maximum Gasteiger partial charge on any atom is 0.126 e. The second kappa shape index (κ2) is 5.24. The zero-order valence-corrected chi connectivity index (χ0v) is 11.0. The van der Waals surface area contributed by atoms with Crippen molar-refractivity contribution in [3.8, 4) is 0 Å². The molecule has 2 atom stereocenters. The molecule has 0 radical (unpaired) electrons. The topological polar surface area (TPSA) is 49.5 Å². The summed E-state index contributed by atoms with van der Waals surface area (Å²) in [6, 6.07) is 3.30. The van der Waals surface area contributed by atoms with E-state index in [0.717, 1.165) is 30.6 Å². The highest BCUT2D eigenvalue weighted by Gasteiger charge is 2.27. The minimum Gasteiger partial charge on any atom is -0.394 e. The fourth-order valence-corrected chi connectivity index (χ4v) is 2.64. The lowest BCUT2D eigenvalue weighted by atomic mass is 10.0. The van der Waals surface area contributed by atoms with Gasteiger partial charge in [-0.15, -0.1) is 0 Å². The maximum absolute atomic E-state index is 13.7. The molecule has 2 rings (SSSR count). The zero-order chi connectivity index (χ0) is 13.3. The number of rotatable bonds is 3. The molecular weight excluding hydrogens is 231 g/mol. The van der Waals surface area contributed by atoms with E-state index in [4.69, 9.17) is 5.73 Å². The maximum atomic E-state index is 13.7. The summed E-state index contributed by atoms with van der Waals surface area (Å²) >= 11 is 0. The Balaban J connectivity index is 2.45. The van der Waals surface area contributed by atoms with Crippen LogP contribution in [0.25, 0.3) is 0 Å². The van der Waals surface area contributed by atoms with Gasteiger partial charge in [-0.05, 0) is 49.9 Å². The van der Waals surface area contributed by atoms with Gasteiger partial charge in [0, 0.05) is 18.3 Å².